The van der Waals surface area contributed by atoms with Crippen LogP contribution in [-0.4, -0.2) is 21.9 Å². The molecule has 0 spiro atoms. The molecule has 0 amide bonds. The van der Waals surface area contributed by atoms with Crippen molar-refractivity contribution in [2.75, 3.05) is 0 Å². The first kappa shape index (κ1) is 121. The molecule has 5 heteroatoms. The monoisotopic (exact) mass is 304 g/mol. The predicted octanol–water partition coefficient (Wildman–Crippen LogP) is -3.30. The molecule has 8 N–H and O–H groups in total. The van der Waals surface area contributed by atoms with Crippen molar-refractivity contribution in [3.8, 4) is 0 Å². The summed E-state index contributed by atoms with van der Waals surface area (Å²) in [5, 5.41) is 0. The number of rotatable bonds is 0. The summed E-state index contributed by atoms with van der Waals surface area (Å²) in [4.78, 5) is 0. The van der Waals surface area contributed by atoms with Gasteiger partial charge in [-0.15, -0.1) is 0 Å². The molecule has 0 unspecified atom stereocenters. The zero-order valence-corrected chi connectivity index (χ0v) is 6.61. The molecule has 0 aliphatic rings. The average molecular weight is 304 g/mol. The van der Waals surface area contributed by atoms with Crippen molar-refractivity contribution in [1.29, 1.82) is 0 Å². The van der Waals surface area contributed by atoms with Crippen LogP contribution in [0.5, 0.6) is 0 Å². The third-order valence-electron chi connectivity index (χ3n) is 0. The predicted molar refractivity (Wildman–Crippen MR) is 14.5 cm³/mol. The summed E-state index contributed by atoms with van der Waals surface area (Å²) in [5.41, 5.74) is 0. The van der Waals surface area contributed by atoms with Gasteiger partial charge in [0.05, 0.1) is 0 Å². The smallest absolute Gasteiger partial charge is 0.412 e. The van der Waals surface area contributed by atoms with E-state index in [1.54, 1.807) is 0 Å². The van der Waals surface area contributed by atoms with E-state index in [1.165, 1.54) is 0 Å². The minimum atomic E-state index is 0. The molecule has 0 aliphatic heterocycles. The molecule has 0 heterocycles. The Hall–Kier alpha value is 1.16. The van der Waals surface area contributed by atoms with Crippen LogP contribution >= 0.6 is 0 Å². The van der Waals surface area contributed by atoms with E-state index in [0.29, 0.717) is 0 Å². The van der Waals surface area contributed by atoms with Crippen LogP contribution in [0, 0.1) is 39.9 Å². The summed E-state index contributed by atoms with van der Waals surface area (Å²) >= 11 is 0. The minimum absolute atomic E-state index is 0. The molecule has 4 nitrogen and oxygen atoms in total. The average Bonchev–Trinajstić information content (AvgIpc) is 0. The zero-order chi connectivity index (χ0) is 0. The number of hydrogen-bond donors (Lipinski definition) is 0. The maximum absolute atomic E-state index is 0. The summed E-state index contributed by atoms with van der Waals surface area (Å²) in [5.74, 6) is 0. The third kappa shape index (κ3) is 38.1. The maximum atomic E-state index is 0. The molecular formula is H8O4Th+4. The van der Waals surface area contributed by atoms with Crippen molar-refractivity contribution in [1.82, 2.24) is 0 Å². The molecule has 0 atom stereocenters. The van der Waals surface area contributed by atoms with E-state index in [4.69, 9.17) is 0 Å². The molecule has 0 saturated carbocycles. The van der Waals surface area contributed by atoms with E-state index in [0.717, 1.165) is 0 Å². The molecule has 0 aromatic heterocycles. The second kappa shape index (κ2) is 66.0. The van der Waals surface area contributed by atoms with Crippen molar-refractivity contribution in [2.45, 2.75) is 0 Å². The van der Waals surface area contributed by atoms with Gasteiger partial charge in [-0.2, -0.15) is 0 Å². The van der Waals surface area contributed by atoms with Gasteiger partial charge in [0.15, 0.2) is 0 Å². The van der Waals surface area contributed by atoms with Gasteiger partial charge in [-0.25, -0.2) is 0 Å². The Bertz CT molecular complexity index is 3.61. The zero-order valence-electron chi connectivity index (χ0n) is 2.50. The SMILES string of the molecule is O.O.O.O.[Th+4]. The topological polar surface area (TPSA) is 126 Å². The van der Waals surface area contributed by atoms with Crippen molar-refractivity contribution >= 4 is 0 Å². The second-order valence-corrected chi connectivity index (χ2v) is 0. The molecule has 0 aliphatic carbocycles. The number of hydrogen-bond acceptors (Lipinski definition) is 0. The van der Waals surface area contributed by atoms with E-state index in [2.05, 4.69) is 0 Å². The second-order valence-electron chi connectivity index (χ2n) is 0. The maximum Gasteiger partial charge on any atom is 4.00 e. The van der Waals surface area contributed by atoms with E-state index < -0.39 is 0 Å². The summed E-state index contributed by atoms with van der Waals surface area (Å²) < 4.78 is 0. The van der Waals surface area contributed by atoms with Gasteiger partial charge in [0.25, 0.3) is 0 Å². The standard InChI is InChI=1S/4H2O.Th/h4*1H2;/q;;;;+4. The summed E-state index contributed by atoms with van der Waals surface area (Å²) in [6, 6.07) is 0. The molecule has 0 rings (SSSR count). The van der Waals surface area contributed by atoms with Gasteiger partial charge in [-0.3, -0.25) is 0 Å². The van der Waals surface area contributed by atoms with Crippen molar-refractivity contribution in [3.63, 3.8) is 0 Å². The fourth-order valence-electron chi connectivity index (χ4n) is 0. The van der Waals surface area contributed by atoms with Crippen LogP contribution in [0.4, 0.5) is 0 Å². The Morgan fingerprint density at radius 3 is 0.400 bits per heavy atom. The molecule has 0 fully saturated rings. The van der Waals surface area contributed by atoms with Crippen LogP contribution in [0.3, 0.4) is 0 Å². The van der Waals surface area contributed by atoms with Crippen LogP contribution in [0.25, 0.3) is 0 Å². The van der Waals surface area contributed by atoms with E-state index in [-0.39, 0.29) is 61.8 Å². The van der Waals surface area contributed by atoms with Gasteiger partial charge in [-0.1, -0.05) is 0 Å². The van der Waals surface area contributed by atoms with Gasteiger partial charge in [0, 0.05) is 0 Å². The Morgan fingerprint density at radius 1 is 0.400 bits per heavy atom. The quantitative estimate of drug-likeness (QED) is 0.444. The molecule has 5 heavy (non-hydrogen) atoms. The first-order valence-corrected chi connectivity index (χ1v) is 0. The Morgan fingerprint density at radius 2 is 0.400 bits per heavy atom. The molecule has 0 radical (unpaired) electrons. The van der Waals surface area contributed by atoms with Crippen molar-refractivity contribution in [2.24, 2.45) is 0 Å². The fraction of sp³-hybridized carbons (Fsp3) is 0. The van der Waals surface area contributed by atoms with Gasteiger partial charge in [0.1, 0.15) is 0 Å². The summed E-state index contributed by atoms with van der Waals surface area (Å²) in [7, 11) is 0. The molecule has 0 bridgehead atoms. The first-order valence-electron chi connectivity index (χ1n) is 0. The summed E-state index contributed by atoms with van der Waals surface area (Å²) in [6.45, 7) is 0. The van der Waals surface area contributed by atoms with Crippen LogP contribution in [-0.2, 0) is 0 Å². The molecule has 0 aromatic carbocycles. The van der Waals surface area contributed by atoms with E-state index in [1.807, 2.05) is 0 Å². The van der Waals surface area contributed by atoms with Crippen LogP contribution in [0.1, 0.15) is 0 Å². The molecule has 32 valence electrons. The Labute approximate surface area is 61.5 Å². The Balaban J connectivity index is 0. The largest absolute Gasteiger partial charge is 4.00 e. The normalized spacial score (nSPS) is 0. The van der Waals surface area contributed by atoms with Crippen LogP contribution < -0.4 is 0 Å². The molecule has 0 saturated heterocycles. The Kier molecular flexibility index (Phi) is 1600. The summed E-state index contributed by atoms with van der Waals surface area (Å²) in [6.07, 6.45) is 0. The van der Waals surface area contributed by atoms with Gasteiger partial charge in [-0.05, 0) is 0 Å². The van der Waals surface area contributed by atoms with E-state index in [9.17, 15) is 0 Å². The van der Waals surface area contributed by atoms with Gasteiger partial charge < -0.3 is 21.9 Å². The third-order valence-corrected chi connectivity index (χ3v) is 0. The van der Waals surface area contributed by atoms with Gasteiger partial charge >= 0.3 is 39.9 Å². The molecule has 0 aromatic rings. The van der Waals surface area contributed by atoms with Gasteiger partial charge in [0.2, 0.25) is 0 Å². The first-order chi connectivity index (χ1) is 0. The van der Waals surface area contributed by atoms with Crippen molar-refractivity contribution < 1.29 is 61.8 Å². The van der Waals surface area contributed by atoms with E-state index >= 15 is 0 Å². The van der Waals surface area contributed by atoms with Crippen LogP contribution in [0.2, 0.25) is 0 Å². The van der Waals surface area contributed by atoms with Crippen molar-refractivity contribution in [3.05, 3.63) is 0 Å². The fourth-order valence-corrected chi connectivity index (χ4v) is 0. The minimum Gasteiger partial charge on any atom is -0.412 e. The molecular weight excluding hydrogens is 296 g/mol. The van der Waals surface area contributed by atoms with Crippen LogP contribution in [0.15, 0.2) is 0 Å².